The fourth-order valence-corrected chi connectivity index (χ4v) is 5.21. The third-order valence-corrected chi connectivity index (χ3v) is 7.13. The van der Waals surface area contributed by atoms with E-state index in [1.807, 2.05) is 71.4 Å². The van der Waals surface area contributed by atoms with Gasteiger partial charge in [-0.1, -0.05) is 73.3 Å². The Morgan fingerprint density at radius 2 is 1.70 bits per heavy atom. The summed E-state index contributed by atoms with van der Waals surface area (Å²) < 4.78 is 0. The van der Waals surface area contributed by atoms with Gasteiger partial charge in [-0.2, -0.15) is 11.3 Å². The molecule has 2 aromatic carbocycles. The molecule has 1 fully saturated rings. The minimum absolute atomic E-state index is 0.0732. The Morgan fingerprint density at radius 3 is 2.36 bits per heavy atom. The monoisotopic (exact) mass is 480 g/mol. The Morgan fingerprint density at radius 1 is 0.970 bits per heavy atom. The van der Waals surface area contributed by atoms with Crippen molar-refractivity contribution in [3.63, 3.8) is 0 Å². The Bertz CT molecular complexity index is 1030. The maximum atomic E-state index is 13.7. The highest BCUT2D eigenvalue weighted by Crippen LogP contribution is 2.27. The van der Waals surface area contributed by atoms with Gasteiger partial charge in [-0.25, -0.2) is 0 Å². The van der Waals surface area contributed by atoms with E-state index >= 15 is 0 Å². The van der Waals surface area contributed by atoms with Crippen molar-refractivity contribution in [2.24, 2.45) is 0 Å². The molecule has 172 valence electrons. The van der Waals surface area contributed by atoms with Gasteiger partial charge in [0.2, 0.25) is 11.8 Å². The molecule has 2 amide bonds. The molecule has 0 radical (unpaired) electrons. The minimum Gasteiger partial charge on any atom is -0.351 e. The molecule has 1 aliphatic rings. The molecule has 4 nitrogen and oxygen atoms in total. The van der Waals surface area contributed by atoms with E-state index in [0.717, 1.165) is 42.4 Å². The van der Waals surface area contributed by atoms with E-state index in [1.165, 1.54) is 6.42 Å². The van der Waals surface area contributed by atoms with Gasteiger partial charge in [-0.15, -0.1) is 0 Å². The number of nitrogens with one attached hydrogen (secondary N) is 1. The van der Waals surface area contributed by atoms with Crippen LogP contribution in [-0.2, 0) is 22.6 Å². The smallest absolute Gasteiger partial charge is 0.247 e. The first-order chi connectivity index (χ1) is 16.1. The van der Waals surface area contributed by atoms with Crippen LogP contribution in [0.3, 0.4) is 0 Å². The number of carbonyl (C=O) groups is 2. The van der Waals surface area contributed by atoms with Crippen molar-refractivity contribution in [1.82, 2.24) is 10.2 Å². The fourth-order valence-electron chi connectivity index (χ4n) is 4.41. The molecule has 1 aliphatic carbocycles. The molecule has 1 atom stereocenters. The van der Waals surface area contributed by atoms with Gasteiger partial charge in [0.15, 0.2) is 0 Å². The zero-order valence-corrected chi connectivity index (χ0v) is 20.2. The summed E-state index contributed by atoms with van der Waals surface area (Å²) in [6.45, 7) is 0.331. The maximum Gasteiger partial charge on any atom is 0.247 e. The van der Waals surface area contributed by atoms with Gasteiger partial charge in [-0.3, -0.25) is 9.59 Å². The molecule has 33 heavy (non-hydrogen) atoms. The Hall–Kier alpha value is -2.63. The van der Waals surface area contributed by atoms with Gasteiger partial charge in [0, 0.05) is 17.6 Å². The van der Waals surface area contributed by atoms with Crippen molar-refractivity contribution >= 4 is 34.8 Å². The number of nitrogens with zero attached hydrogens (tertiary/aromatic N) is 1. The molecule has 0 unspecified atom stereocenters. The number of thiophene rings is 1. The van der Waals surface area contributed by atoms with Gasteiger partial charge < -0.3 is 10.2 Å². The van der Waals surface area contributed by atoms with Crippen molar-refractivity contribution in [2.75, 3.05) is 0 Å². The first-order valence-electron chi connectivity index (χ1n) is 11.5. The molecular weight excluding hydrogens is 452 g/mol. The predicted octanol–water partition coefficient (Wildman–Crippen LogP) is 6.16. The van der Waals surface area contributed by atoms with Gasteiger partial charge in [0.1, 0.15) is 6.04 Å². The molecule has 1 N–H and O–H groups in total. The highest BCUT2D eigenvalue weighted by molar-refractivity contribution is 7.08. The summed E-state index contributed by atoms with van der Waals surface area (Å²) in [6.07, 6.45) is 5.73. The normalized spacial score (nSPS) is 15.1. The van der Waals surface area contributed by atoms with Crippen molar-refractivity contribution in [3.8, 4) is 0 Å². The van der Waals surface area contributed by atoms with Crippen LogP contribution in [0.4, 0.5) is 0 Å². The van der Waals surface area contributed by atoms with E-state index in [0.29, 0.717) is 11.6 Å². The summed E-state index contributed by atoms with van der Waals surface area (Å²) in [7, 11) is 0. The van der Waals surface area contributed by atoms with Gasteiger partial charge in [0.25, 0.3) is 0 Å². The van der Waals surface area contributed by atoms with E-state index < -0.39 is 6.04 Å². The number of hydrogen-bond acceptors (Lipinski definition) is 3. The zero-order chi connectivity index (χ0) is 23.0. The van der Waals surface area contributed by atoms with Gasteiger partial charge in [-0.05, 0) is 58.5 Å². The average molecular weight is 481 g/mol. The molecule has 0 bridgehead atoms. The number of amides is 2. The molecule has 0 aliphatic heterocycles. The molecule has 1 heterocycles. The third-order valence-electron chi connectivity index (χ3n) is 6.15. The Kier molecular flexibility index (Phi) is 8.19. The van der Waals surface area contributed by atoms with Gasteiger partial charge >= 0.3 is 0 Å². The number of carbonyl (C=O) groups excluding carboxylic acids is 2. The van der Waals surface area contributed by atoms with Crippen LogP contribution >= 0.6 is 22.9 Å². The van der Waals surface area contributed by atoms with E-state index in [-0.39, 0.29) is 24.3 Å². The number of rotatable bonds is 8. The molecule has 0 saturated heterocycles. The highest BCUT2D eigenvalue weighted by atomic mass is 35.5. The van der Waals surface area contributed by atoms with Crippen LogP contribution in [-0.4, -0.2) is 22.8 Å². The van der Waals surface area contributed by atoms with E-state index in [9.17, 15) is 9.59 Å². The van der Waals surface area contributed by atoms with Crippen LogP contribution < -0.4 is 5.32 Å². The zero-order valence-electron chi connectivity index (χ0n) is 18.6. The molecule has 3 aromatic rings. The summed E-state index contributed by atoms with van der Waals surface area (Å²) in [4.78, 5) is 29.0. The van der Waals surface area contributed by atoms with E-state index in [2.05, 4.69) is 5.32 Å². The second-order valence-electron chi connectivity index (χ2n) is 8.61. The number of benzene rings is 2. The second-order valence-corrected chi connectivity index (χ2v) is 9.83. The first-order valence-corrected chi connectivity index (χ1v) is 12.8. The van der Waals surface area contributed by atoms with Crippen LogP contribution in [0.1, 0.15) is 54.8 Å². The minimum atomic E-state index is -0.699. The molecule has 4 rings (SSSR count). The van der Waals surface area contributed by atoms with Crippen LogP contribution in [0.25, 0.3) is 0 Å². The van der Waals surface area contributed by atoms with Crippen molar-refractivity contribution in [3.05, 3.63) is 93.1 Å². The third kappa shape index (κ3) is 6.46. The summed E-state index contributed by atoms with van der Waals surface area (Å²) in [5, 5.41) is 7.85. The SMILES string of the molecule is O=C(NC1CCCCC1)[C@H](c1ccccc1)N(Cc1ccc(Cl)cc1)C(=O)Cc1ccsc1. The largest absolute Gasteiger partial charge is 0.351 e. The van der Waals surface area contributed by atoms with Crippen molar-refractivity contribution in [1.29, 1.82) is 0 Å². The van der Waals surface area contributed by atoms with Gasteiger partial charge in [0.05, 0.1) is 6.42 Å². The number of hydrogen-bond donors (Lipinski definition) is 1. The summed E-state index contributed by atoms with van der Waals surface area (Å²) in [6, 6.07) is 18.5. The lowest BCUT2D eigenvalue weighted by Crippen LogP contribution is -2.47. The lowest BCUT2D eigenvalue weighted by Gasteiger charge is -2.33. The van der Waals surface area contributed by atoms with Crippen LogP contribution in [0.5, 0.6) is 0 Å². The first kappa shape index (κ1) is 23.5. The molecule has 0 spiro atoms. The van der Waals surface area contributed by atoms with E-state index in [1.54, 1.807) is 16.2 Å². The summed E-state index contributed by atoms with van der Waals surface area (Å²) in [5.41, 5.74) is 2.72. The fraction of sp³-hybridized carbons (Fsp3) is 0.333. The van der Waals surface area contributed by atoms with Crippen molar-refractivity contribution < 1.29 is 9.59 Å². The topological polar surface area (TPSA) is 49.4 Å². The molecule has 1 aromatic heterocycles. The summed E-state index contributed by atoms with van der Waals surface area (Å²) >= 11 is 7.65. The lowest BCUT2D eigenvalue weighted by atomic mass is 9.94. The van der Waals surface area contributed by atoms with Crippen LogP contribution in [0.2, 0.25) is 5.02 Å². The highest BCUT2D eigenvalue weighted by Gasteiger charge is 2.33. The second kappa shape index (κ2) is 11.5. The van der Waals surface area contributed by atoms with E-state index in [4.69, 9.17) is 11.6 Å². The van der Waals surface area contributed by atoms with Crippen molar-refractivity contribution in [2.45, 2.75) is 57.2 Å². The predicted molar refractivity (Wildman–Crippen MR) is 134 cm³/mol. The van der Waals surface area contributed by atoms with Crippen LogP contribution in [0, 0.1) is 0 Å². The van der Waals surface area contributed by atoms with Crippen LogP contribution in [0.15, 0.2) is 71.4 Å². The Labute approximate surface area is 204 Å². The Balaban J connectivity index is 1.66. The maximum absolute atomic E-state index is 13.7. The standard InChI is InChI=1S/C27H29ClN2O2S/c28-23-13-11-20(12-14-23)18-30(25(31)17-21-15-16-33-19-21)26(22-7-3-1-4-8-22)27(32)29-24-9-5-2-6-10-24/h1,3-4,7-8,11-16,19,24,26H,2,5-6,9-10,17-18H2,(H,29,32)/t26-/m0/s1. The molecule has 1 saturated carbocycles. The quantitative estimate of drug-likeness (QED) is 0.419. The number of halogens is 1. The lowest BCUT2D eigenvalue weighted by molar-refractivity contribution is -0.141. The average Bonchev–Trinajstić information content (AvgIpc) is 3.34. The molecule has 6 heteroatoms. The summed E-state index contributed by atoms with van der Waals surface area (Å²) in [5.74, 6) is -0.184. The molecular formula is C27H29ClN2O2S.